The maximum Gasteiger partial charge on any atom is -0.0149 e. The second-order valence-corrected chi connectivity index (χ2v) is 15.5. The van der Waals surface area contributed by atoms with Crippen molar-refractivity contribution >= 4 is 11.1 Å². The molecule has 2 aliphatic carbocycles. The van der Waals surface area contributed by atoms with Crippen molar-refractivity contribution in [1.82, 2.24) is 0 Å². The van der Waals surface area contributed by atoms with Gasteiger partial charge in [0, 0.05) is 0 Å². The molecule has 0 amide bonds. The summed E-state index contributed by atoms with van der Waals surface area (Å²) in [5.41, 5.74) is 20.0. The van der Waals surface area contributed by atoms with Crippen LogP contribution in [0.25, 0.3) is 33.4 Å². The minimum absolute atomic E-state index is 0.763. The van der Waals surface area contributed by atoms with Crippen LogP contribution in [0.4, 0.5) is 0 Å². The van der Waals surface area contributed by atoms with E-state index in [4.69, 9.17) is 0 Å². The number of allylic oxidation sites excluding steroid dienone is 8. The third-order valence-electron chi connectivity index (χ3n) is 10.5. The normalized spacial score (nSPS) is 14.1. The Morgan fingerprint density at radius 1 is 0.448 bits per heavy atom. The lowest BCUT2D eigenvalue weighted by Crippen LogP contribution is -1.99. The number of hydrogen-bond acceptors (Lipinski definition) is 0. The zero-order valence-corrected chi connectivity index (χ0v) is 36.9. The molecule has 0 bridgehead atoms. The molecule has 0 nitrogen and oxygen atoms in total. The van der Waals surface area contributed by atoms with Crippen molar-refractivity contribution in [3.05, 3.63) is 226 Å². The lowest BCUT2D eigenvalue weighted by atomic mass is 9.84. The SMILES string of the molecule is CC.CC1=C(c2cc(-c3cccc(-c4ccc(C)cc4)c3)ccc2C)C=C(c2ccccc2)CC1.CC1=CCC(C)C=C1.Cc1ccc(C)cc1.Cc1ccccc1. The summed E-state index contributed by atoms with van der Waals surface area (Å²) in [5, 5.41) is 0. The minimum Gasteiger partial charge on any atom is -0.0811 e. The highest BCUT2D eigenvalue weighted by molar-refractivity contribution is 5.90. The van der Waals surface area contributed by atoms with E-state index < -0.39 is 0 Å². The predicted molar refractivity (Wildman–Crippen MR) is 258 cm³/mol. The average molecular weight is 763 g/mol. The van der Waals surface area contributed by atoms with Gasteiger partial charge in [-0.2, -0.15) is 0 Å². The van der Waals surface area contributed by atoms with Crippen molar-refractivity contribution in [3.8, 4) is 22.3 Å². The number of aryl methyl sites for hydroxylation is 5. The summed E-state index contributed by atoms with van der Waals surface area (Å²) >= 11 is 0. The van der Waals surface area contributed by atoms with Crippen LogP contribution in [-0.2, 0) is 0 Å². The Bertz CT molecular complexity index is 2240. The molecule has 58 heavy (non-hydrogen) atoms. The fourth-order valence-corrected chi connectivity index (χ4v) is 6.74. The van der Waals surface area contributed by atoms with Gasteiger partial charge < -0.3 is 0 Å². The molecule has 0 spiro atoms. The van der Waals surface area contributed by atoms with Gasteiger partial charge in [0.05, 0.1) is 0 Å². The molecule has 0 saturated carbocycles. The second-order valence-electron chi connectivity index (χ2n) is 15.5. The Hall–Kier alpha value is -5.72. The maximum atomic E-state index is 2.42. The van der Waals surface area contributed by atoms with Gasteiger partial charge in [0.25, 0.3) is 0 Å². The molecule has 0 heteroatoms. The molecule has 1 atom stereocenters. The van der Waals surface area contributed by atoms with E-state index in [0.29, 0.717) is 0 Å². The molecule has 0 N–H and O–H groups in total. The van der Waals surface area contributed by atoms with Crippen molar-refractivity contribution in [3.63, 3.8) is 0 Å². The van der Waals surface area contributed by atoms with E-state index in [0.717, 1.165) is 18.8 Å². The molecule has 0 aliphatic heterocycles. The van der Waals surface area contributed by atoms with Gasteiger partial charge in [-0.05, 0) is 136 Å². The van der Waals surface area contributed by atoms with Gasteiger partial charge in [-0.3, -0.25) is 0 Å². The summed E-state index contributed by atoms with van der Waals surface area (Å²) in [6, 6.07) is 54.1. The van der Waals surface area contributed by atoms with Gasteiger partial charge in [-0.15, -0.1) is 0 Å². The van der Waals surface area contributed by atoms with Gasteiger partial charge in [0.2, 0.25) is 0 Å². The molecule has 6 aromatic rings. The lowest BCUT2D eigenvalue weighted by molar-refractivity contribution is 0.731. The smallest absolute Gasteiger partial charge is 0.0149 e. The van der Waals surface area contributed by atoms with Crippen LogP contribution in [0.3, 0.4) is 0 Å². The summed E-state index contributed by atoms with van der Waals surface area (Å²) < 4.78 is 0. The zero-order valence-electron chi connectivity index (χ0n) is 36.9. The molecule has 2 aliphatic rings. The Kier molecular flexibility index (Phi) is 18.2. The molecule has 0 saturated heterocycles. The molecule has 1 unspecified atom stereocenters. The van der Waals surface area contributed by atoms with Gasteiger partial charge in [0.15, 0.2) is 0 Å². The van der Waals surface area contributed by atoms with E-state index in [-0.39, 0.29) is 0 Å². The standard InChI is InChI=1S/C33H30.C8H12.C8H10.C7H8.C2H6/c1-23-12-16-27(17-13-23)28-10-7-11-29(20-28)31-19-15-25(3)33(22-31)32-21-30(18-14-24(32)2)26-8-5-4-6-9-26;2*1-7-3-5-8(2)6-4-7;1-7-5-3-2-4-6-7;1-2/h4-13,15-17,19-22H,14,18H2,1-3H3;3-5,8H,6H2,1-2H3;3-6H,1-2H3;2-6H,1H3;1-2H3. The third-order valence-corrected chi connectivity index (χ3v) is 10.5. The van der Waals surface area contributed by atoms with Crippen molar-refractivity contribution in [2.75, 3.05) is 0 Å². The van der Waals surface area contributed by atoms with Crippen molar-refractivity contribution in [1.29, 1.82) is 0 Å². The molecule has 0 aromatic heterocycles. The van der Waals surface area contributed by atoms with E-state index in [1.807, 2.05) is 32.0 Å². The highest BCUT2D eigenvalue weighted by atomic mass is 14.2. The van der Waals surface area contributed by atoms with Crippen LogP contribution >= 0.6 is 0 Å². The summed E-state index contributed by atoms with van der Waals surface area (Å²) in [6.45, 7) is 21.3. The first kappa shape index (κ1) is 45.0. The molecule has 0 radical (unpaired) electrons. The summed E-state index contributed by atoms with van der Waals surface area (Å²) in [5.74, 6) is 0.763. The van der Waals surface area contributed by atoms with Gasteiger partial charge >= 0.3 is 0 Å². The van der Waals surface area contributed by atoms with E-state index in [9.17, 15) is 0 Å². The predicted octanol–water partition coefficient (Wildman–Crippen LogP) is 17.1. The fraction of sp³-hybridized carbons (Fsp3) is 0.241. The van der Waals surface area contributed by atoms with Gasteiger partial charge in [-0.25, -0.2) is 0 Å². The van der Waals surface area contributed by atoms with E-state index in [1.54, 1.807) is 0 Å². The van der Waals surface area contributed by atoms with Gasteiger partial charge in [-0.1, -0.05) is 218 Å². The minimum atomic E-state index is 0.763. The lowest BCUT2D eigenvalue weighted by Gasteiger charge is -2.21. The van der Waals surface area contributed by atoms with E-state index in [1.165, 1.54) is 89.9 Å². The van der Waals surface area contributed by atoms with Crippen LogP contribution in [0.1, 0.15) is 92.8 Å². The Morgan fingerprint density at radius 2 is 0.931 bits per heavy atom. The topological polar surface area (TPSA) is 0 Å². The van der Waals surface area contributed by atoms with Gasteiger partial charge in [0.1, 0.15) is 0 Å². The molecular weight excluding hydrogens is 697 g/mol. The average Bonchev–Trinajstić information content (AvgIpc) is 3.26. The number of hydrogen-bond donors (Lipinski definition) is 0. The first-order valence-corrected chi connectivity index (χ1v) is 21.2. The monoisotopic (exact) mass is 763 g/mol. The van der Waals surface area contributed by atoms with Crippen LogP contribution in [0.15, 0.2) is 187 Å². The van der Waals surface area contributed by atoms with E-state index in [2.05, 4.69) is 213 Å². The summed E-state index contributed by atoms with van der Waals surface area (Å²) in [7, 11) is 0. The maximum absolute atomic E-state index is 2.42. The molecule has 0 fully saturated rings. The van der Waals surface area contributed by atoms with E-state index >= 15 is 0 Å². The molecular formula is C58H66. The molecule has 6 aromatic carbocycles. The summed E-state index contributed by atoms with van der Waals surface area (Å²) in [6.07, 6.45) is 12.6. The number of benzene rings is 6. The molecule has 8 rings (SSSR count). The Balaban J connectivity index is 0.000000239. The molecule has 0 heterocycles. The van der Waals surface area contributed by atoms with Crippen LogP contribution < -0.4 is 0 Å². The van der Waals surface area contributed by atoms with Crippen LogP contribution in [0.2, 0.25) is 0 Å². The Morgan fingerprint density at radius 3 is 1.45 bits per heavy atom. The van der Waals surface area contributed by atoms with Crippen LogP contribution in [-0.4, -0.2) is 0 Å². The van der Waals surface area contributed by atoms with Crippen molar-refractivity contribution in [2.24, 2.45) is 5.92 Å². The van der Waals surface area contributed by atoms with Crippen LogP contribution in [0.5, 0.6) is 0 Å². The summed E-state index contributed by atoms with van der Waals surface area (Å²) in [4.78, 5) is 0. The first-order valence-electron chi connectivity index (χ1n) is 21.2. The van der Waals surface area contributed by atoms with Crippen molar-refractivity contribution < 1.29 is 0 Å². The largest absolute Gasteiger partial charge is 0.0811 e. The fourth-order valence-electron chi connectivity index (χ4n) is 6.74. The van der Waals surface area contributed by atoms with Crippen LogP contribution in [0, 0.1) is 40.5 Å². The highest BCUT2D eigenvalue weighted by Crippen LogP contribution is 2.38. The Labute approximate surface area is 352 Å². The third kappa shape index (κ3) is 14.3. The number of rotatable bonds is 4. The zero-order chi connectivity index (χ0) is 41.9. The quantitative estimate of drug-likeness (QED) is 0.168. The molecule has 298 valence electrons. The second kappa shape index (κ2) is 23.5. The van der Waals surface area contributed by atoms with Crippen molar-refractivity contribution in [2.45, 2.75) is 88.5 Å². The highest BCUT2D eigenvalue weighted by Gasteiger charge is 2.16. The first-order chi connectivity index (χ1) is 28.0.